The summed E-state index contributed by atoms with van der Waals surface area (Å²) in [5.41, 5.74) is 6.30. The van der Waals surface area contributed by atoms with Gasteiger partial charge in [0.1, 0.15) is 5.01 Å². The van der Waals surface area contributed by atoms with Gasteiger partial charge < -0.3 is 10.1 Å². The molecule has 0 saturated carbocycles. The van der Waals surface area contributed by atoms with E-state index in [1.165, 1.54) is 11.1 Å². The highest BCUT2D eigenvalue weighted by atomic mass is 32.1. The van der Waals surface area contributed by atoms with Gasteiger partial charge in [0.15, 0.2) is 0 Å². The largest absolute Gasteiger partial charge is 0.379 e. The number of carbonyl (C=O) groups is 1. The molecule has 2 heterocycles. The summed E-state index contributed by atoms with van der Waals surface area (Å²) in [6.45, 7) is 8.61. The van der Waals surface area contributed by atoms with Gasteiger partial charge in [0, 0.05) is 36.3 Å². The summed E-state index contributed by atoms with van der Waals surface area (Å²) in [6.07, 6.45) is 0.277. The van der Waals surface area contributed by atoms with Crippen molar-refractivity contribution in [2.45, 2.75) is 26.8 Å². The second kappa shape index (κ2) is 9.51. The first-order valence-electron chi connectivity index (χ1n) is 10.3. The lowest BCUT2D eigenvalue weighted by Gasteiger charge is -2.26. The number of amides is 1. The van der Waals surface area contributed by atoms with E-state index in [9.17, 15) is 4.79 Å². The van der Waals surface area contributed by atoms with Crippen molar-refractivity contribution in [1.29, 1.82) is 0 Å². The number of rotatable bonds is 6. The van der Waals surface area contributed by atoms with Crippen LogP contribution in [0.15, 0.2) is 47.8 Å². The molecule has 1 aliphatic heterocycles. The molecule has 4 rings (SSSR count). The Morgan fingerprint density at radius 1 is 1.13 bits per heavy atom. The average molecular weight is 422 g/mol. The van der Waals surface area contributed by atoms with E-state index >= 15 is 0 Å². The van der Waals surface area contributed by atoms with E-state index in [0.717, 1.165) is 60.4 Å². The summed E-state index contributed by atoms with van der Waals surface area (Å²) in [4.78, 5) is 19.5. The molecular weight excluding hydrogens is 394 g/mol. The highest BCUT2D eigenvalue weighted by Gasteiger charge is 2.12. The third-order valence-electron chi connectivity index (χ3n) is 5.26. The van der Waals surface area contributed by atoms with E-state index in [1.54, 1.807) is 11.3 Å². The molecule has 6 heteroatoms. The summed E-state index contributed by atoms with van der Waals surface area (Å²) in [5, 5.41) is 5.91. The highest BCUT2D eigenvalue weighted by Crippen LogP contribution is 2.25. The van der Waals surface area contributed by atoms with E-state index in [1.807, 2.05) is 31.4 Å². The van der Waals surface area contributed by atoms with Crippen LogP contribution in [0.25, 0.3) is 10.6 Å². The van der Waals surface area contributed by atoms with Gasteiger partial charge in [-0.3, -0.25) is 9.69 Å². The summed E-state index contributed by atoms with van der Waals surface area (Å²) in [6, 6.07) is 14.6. The van der Waals surface area contributed by atoms with Gasteiger partial charge in [-0.2, -0.15) is 0 Å². The lowest BCUT2D eigenvalue weighted by Crippen LogP contribution is -2.35. The lowest BCUT2D eigenvalue weighted by molar-refractivity contribution is -0.115. The first-order valence-corrected chi connectivity index (χ1v) is 11.2. The van der Waals surface area contributed by atoms with Crippen LogP contribution in [0, 0.1) is 13.8 Å². The summed E-state index contributed by atoms with van der Waals surface area (Å²) in [7, 11) is 0. The number of aryl methyl sites for hydroxylation is 2. The van der Waals surface area contributed by atoms with Crippen molar-refractivity contribution in [2.75, 3.05) is 31.6 Å². The molecule has 1 fully saturated rings. The number of nitrogens with zero attached hydrogens (tertiary/aromatic N) is 2. The SMILES string of the molecule is Cc1ccc(NC(=O)Cc2csc(-c3ccc(CN4CCOCC4)cc3)n2)c(C)c1. The maximum Gasteiger partial charge on any atom is 0.230 e. The Morgan fingerprint density at radius 3 is 2.63 bits per heavy atom. The van der Waals surface area contributed by atoms with Crippen LogP contribution in [0.2, 0.25) is 0 Å². The van der Waals surface area contributed by atoms with Crippen LogP contribution in [0.1, 0.15) is 22.4 Å². The van der Waals surface area contributed by atoms with Gasteiger partial charge in [-0.25, -0.2) is 4.98 Å². The number of carbonyl (C=O) groups excluding carboxylic acids is 1. The minimum atomic E-state index is -0.0420. The third kappa shape index (κ3) is 5.33. The highest BCUT2D eigenvalue weighted by molar-refractivity contribution is 7.13. The van der Waals surface area contributed by atoms with Crippen LogP contribution in [0.3, 0.4) is 0 Å². The summed E-state index contributed by atoms with van der Waals surface area (Å²) < 4.78 is 5.41. The van der Waals surface area contributed by atoms with Crippen molar-refractivity contribution >= 4 is 22.9 Å². The topological polar surface area (TPSA) is 54.5 Å². The molecule has 5 nitrogen and oxygen atoms in total. The predicted molar refractivity (Wildman–Crippen MR) is 122 cm³/mol. The van der Waals surface area contributed by atoms with Crippen LogP contribution < -0.4 is 5.32 Å². The third-order valence-corrected chi connectivity index (χ3v) is 6.20. The van der Waals surface area contributed by atoms with E-state index in [0.29, 0.717) is 0 Å². The van der Waals surface area contributed by atoms with Gasteiger partial charge in [-0.1, -0.05) is 42.0 Å². The molecule has 1 amide bonds. The van der Waals surface area contributed by atoms with Crippen molar-refractivity contribution in [1.82, 2.24) is 9.88 Å². The van der Waals surface area contributed by atoms with E-state index in [-0.39, 0.29) is 12.3 Å². The maximum absolute atomic E-state index is 12.4. The zero-order chi connectivity index (χ0) is 20.9. The second-order valence-electron chi connectivity index (χ2n) is 7.77. The van der Waals surface area contributed by atoms with Crippen molar-refractivity contribution in [3.8, 4) is 10.6 Å². The number of thiazole rings is 1. The van der Waals surface area contributed by atoms with Crippen LogP contribution in [0.4, 0.5) is 5.69 Å². The van der Waals surface area contributed by atoms with Crippen molar-refractivity contribution in [2.24, 2.45) is 0 Å². The van der Waals surface area contributed by atoms with Crippen LogP contribution in [-0.2, 0) is 22.5 Å². The molecule has 2 aromatic carbocycles. The van der Waals surface area contributed by atoms with Crippen LogP contribution in [0.5, 0.6) is 0 Å². The minimum Gasteiger partial charge on any atom is -0.379 e. The standard InChI is InChI=1S/C24H27N3O2S/c1-17-3-8-22(18(2)13-17)26-23(28)14-21-16-30-24(25-21)20-6-4-19(5-7-20)15-27-9-11-29-12-10-27/h3-8,13,16H,9-12,14-15H2,1-2H3,(H,26,28). The Morgan fingerprint density at radius 2 is 1.90 bits per heavy atom. The Labute approximate surface area is 181 Å². The van der Waals surface area contributed by atoms with Gasteiger partial charge in [-0.15, -0.1) is 11.3 Å². The fraction of sp³-hybridized carbons (Fsp3) is 0.333. The summed E-state index contributed by atoms with van der Waals surface area (Å²) >= 11 is 1.58. The number of morpholine rings is 1. The molecule has 1 saturated heterocycles. The Bertz CT molecular complexity index is 1010. The Kier molecular flexibility index (Phi) is 6.57. The number of aromatic nitrogens is 1. The average Bonchev–Trinajstić information content (AvgIpc) is 3.20. The smallest absolute Gasteiger partial charge is 0.230 e. The molecule has 30 heavy (non-hydrogen) atoms. The summed E-state index contributed by atoms with van der Waals surface area (Å²) in [5.74, 6) is -0.0420. The molecule has 0 unspecified atom stereocenters. The molecule has 3 aromatic rings. The number of hydrogen-bond acceptors (Lipinski definition) is 5. The lowest BCUT2D eigenvalue weighted by atomic mass is 10.1. The molecule has 1 aromatic heterocycles. The molecule has 0 aliphatic carbocycles. The first kappa shape index (κ1) is 20.7. The first-order chi connectivity index (χ1) is 14.6. The monoisotopic (exact) mass is 421 g/mol. The van der Waals surface area contributed by atoms with Gasteiger partial charge >= 0.3 is 0 Å². The second-order valence-corrected chi connectivity index (χ2v) is 8.63. The molecule has 0 atom stereocenters. The van der Waals surface area contributed by atoms with Gasteiger partial charge in [0.05, 0.1) is 25.3 Å². The van der Waals surface area contributed by atoms with Crippen LogP contribution in [-0.4, -0.2) is 42.1 Å². The Balaban J connectivity index is 1.35. The van der Waals surface area contributed by atoms with Gasteiger partial charge in [0.25, 0.3) is 0 Å². The fourth-order valence-electron chi connectivity index (χ4n) is 3.60. The Hall–Kier alpha value is -2.54. The number of anilines is 1. The fourth-order valence-corrected chi connectivity index (χ4v) is 4.43. The zero-order valence-electron chi connectivity index (χ0n) is 17.5. The van der Waals surface area contributed by atoms with Gasteiger partial charge in [0.2, 0.25) is 5.91 Å². The molecule has 156 valence electrons. The van der Waals surface area contributed by atoms with Gasteiger partial charge in [-0.05, 0) is 31.0 Å². The molecule has 0 radical (unpaired) electrons. The normalized spacial score (nSPS) is 14.6. The van der Waals surface area contributed by atoms with Crippen molar-refractivity contribution < 1.29 is 9.53 Å². The van der Waals surface area contributed by atoms with E-state index < -0.39 is 0 Å². The van der Waals surface area contributed by atoms with Crippen molar-refractivity contribution in [3.63, 3.8) is 0 Å². The molecule has 1 N–H and O–H groups in total. The predicted octanol–water partition coefficient (Wildman–Crippen LogP) is 4.44. The maximum atomic E-state index is 12.4. The van der Waals surface area contributed by atoms with Crippen LogP contribution >= 0.6 is 11.3 Å². The quantitative estimate of drug-likeness (QED) is 0.639. The molecule has 1 aliphatic rings. The minimum absolute atomic E-state index is 0.0420. The van der Waals surface area contributed by atoms with Crippen molar-refractivity contribution in [3.05, 3.63) is 70.2 Å². The molecule has 0 spiro atoms. The molecular formula is C24H27N3O2S. The van der Waals surface area contributed by atoms with E-state index in [4.69, 9.17) is 4.74 Å². The van der Waals surface area contributed by atoms with E-state index in [2.05, 4.69) is 45.5 Å². The number of nitrogens with one attached hydrogen (secondary N) is 1. The zero-order valence-corrected chi connectivity index (χ0v) is 18.3. The number of benzene rings is 2. The number of ether oxygens (including phenoxy) is 1. The molecule has 0 bridgehead atoms. The number of hydrogen-bond donors (Lipinski definition) is 1.